The number of hydrogen-bond donors (Lipinski definition) is 2. The van der Waals surface area contributed by atoms with Crippen molar-refractivity contribution in [3.63, 3.8) is 0 Å². The fourth-order valence-corrected chi connectivity index (χ4v) is 2.74. The Labute approximate surface area is 98.4 Å². The second kappa shape index (κ2) is 5.17. The summed E-state index contributed by atoms with van der Waals surface area (Å²) in [5, 5.41) is 6.57. The highest BCUT2D eigenvalue weighted by atomic mass is 16.1. The van der Waals surface area contributed by atoms with E-state index >= 15 is 0 Å². The van der Waals surface area contributed by atoms with Crippen molar-refractivity contribution >= 4 is 5.91 Å². The van der Waals surface area contributed by atoms with Crippen molar-refractivity contribution in [1.82, 2.24) is 10.6 Å². The third-order valence-electron chi connectivity index (χ3n) is 4.08. The lowest BCUT2D eigenvalue weighted by atomic mass is 9.78. The van der Waals surface area contributed by atoms with Crippen molar-refractivity contribution in [2.24, 2.45) is 5.92 Å². The van der Waals surface area contributed by atoms with Gasteiger partial charge in [0.2, 0.25) is 5.91 Å². The van der Waals surface area contributed by atoms with E-state index in [2.05, 4.69) is 17.6 Å². The van der Waals surface area contributed by atoms with Crippen LogP contribution in [0.4, 0.5) is 0 Å². The lowest BCUT2D eigenvalue weighted by Gasteiger charge is -2.39. The molecule has 1 amide bonds. The highest BCUT2D eigenvalue weighted by Crippen LogP contribution is 2.31. The Hall–Kier alpha value is -0.570. The van der Waals surface area contributed by atoms with Crippen LogP contribution >= 0.6 is 0 Å². The first-order chi connectivity index (χ1) is 7.68. The molecular weight excluding hydrogens is 200 g/mol. The topological polar surface area (TPSA) is 41.1 Å². The number of carbonyl (C=O) groups is 1. The van der Waals surface area contributed by atoms with Crippen LogP contribution in [0.25, 0.3) is 0 Å². The summed E-state index contributed by atoms with van der Waals surface area (Å²) in [6, 6.07) is 0. The van der Waals surface area contributed by atoms with Crippen LogP contribution in [-0.2, 0) is 4.79 Å². The summed E-state index contributed by atoms with van der Waals surface area (Å²) < 4.78 is 0. The molecule has 2 rings (SSSR count). The van der Waals surface area contributed by atoms with Crippen molar-refractivity contribution in [3.8, 4) is 0 Å². The molecule has 16 heavy (non-hydrogen) atoms. The number of hydrogen-bond acceptors (Lipinski definition) is 2. The molecule has 1 aliphatic heterocycles. The van der Waals surface area contributed by atoms with E-state index < -0.39 is 0 Å². The van der Waals surface area contributed by atoms with E-state index in [1.165, 1.54) is 19.3 Å². The Morgan fingerprint density at radius 2 is 2.25 bits per heavy atom. The molecule has 1 atom stereocenters. The first-order valence-electron chi connectivity index (χ1n) is 6.70. The molecule has 1 unspecified atom stereocenters. The van der Waals surface area contributed by atoms with Gasteiger partial charge in [-0.3, -0.25) is 4.79 Å². The largest absolute Gasteiger partial charge is 0.351 e. The van der Waals surface area contributed by atoms with Crippen LogP contribution in [0.3, 0.4) is 0 Å². The molecule has 92 valence electrons. The average Bonchev–Trinajstić information content (AvgIpc) is 2.26. The fraction of sp³-hybridized carbons (Fsp3) is 0.923. The van der Waals surface area contributed by atoms with Gasteiger partial charge in [-0.05, 0) is 64.5 Å². The SMILES string of the molecule is CC1(NC(=O)CCC2CCCNC2)CCC1. The summed E-state index contributed by atoms with van der Waals surface area (Å²) in [5.41, 5.74) is 0.127. The molecule has 1 saturated carbocycles. The lowest BCUT2D eigenvalue weighted by molar-refractivity contribution is -0.124. The molecule has 2 aliphatic rings. The van der Waals surface area contributed by atoms with Gasteiger partial charge in [0, 0.05) is 12.0 Å². The van der Waals surface area contributed by atoms with Crippen molar-refractivity contribution in [1.29, 1.82) is 0 Å². The third-order valence-corrected chi connectivity index (χ3v) is 4.08. The zero-order valence-electron chi connectivity index (χ0n) is 10.3. The van der Waals surface area contributed by atoms with Crippen molar-refractivity contribution < 1.29 is 4.79 Å². The van der Waals surface area contributed by atoms with E-state index in [1.54, 1.807) is 0 Å². The Balaban J connectivity index is 1.63. The molecule has 1 saturated heterocycles. The predicted molar refractivity (Wildman–Crippen MR) is 65.2 cm³/mol. The number of nitrogens with one attached hydrogen (secondary N) is 2. The molecule has 0 aromatic carbocycles. The van der Waals surface area contributed by atoms with Crippen LogP contribution in [0, 0.1) is 5.92 Å². The monoisotopic (exact) mass is 224 g/mol. The Morgan fingerprint density at radius 1 is 1.44 bits per heavy atom. The highest BCUT2D eigenvalue weighted by molar-refractivity contribution is 5.76. The minimum absolute atomic E-state index is 0.127. The van der Waals surface area contributed by atoms with Crippen molar-refractivity contribution in [2.75, 3.05) is 13.1 Å². The van der Waals surface area contributed by atoms with Crippen LogP contribution in [0.5, 0.6) is 0 Å². The second-order valence-electron chi connectivity index (χ2n) is 5.71. The lowest BCUT2D eigenvalue weighted by Crippen LogP contribution is -2.51. The van der Waals surface area contributed by atoms with Gasteiger partial charge in [-0.25, -0.2) is 0 Å². The molecule has 2 N–H and O–H groups in total. The number of piperidine rings is 1. The number of amides is 1. The van der Waals surface area contributed by atoms with Gasteiger partial charge in [-0.2, -0.15) is 0 Å². The van der Waals surface area contributed by atoms with Gasteiger partial charge in [0.15, 0.2) is 0 Å². The van der Waals surface area contributed by atoms with E-state index in [0.29, 0.717) is 12.3 Å². The van der Waals surface area contributed by atoms with Crippen molar-refractivity contribution in [2.45, 2.75) is 57.4 Å². The van der Waals surface area contributed by atoms with Crippen LogP contribution in [-0.4, -0.2) is 24.5 Å². The van der Waals surface area contributed by atoms with E-state index in [0.717, 1.165) is 32.4 Å². The van der Waals surface area contributed by atoms with Gasteiger partial charge >= 0.3 is 0 Å². The molecule has 0 bridgehead atoms. The standard InChI is InChI=1S/C13H24N2O/c1-13(7-3-8-13)15-12(16)6-5-11-4-2-9-14-10-11/h11,14H,2-10H2,1H3,(H,15,16). The molecule has 0 aromatic rings. The van der Waals surface area contributed by atoms with E-state index in [4.69, 9.17) is 0 Å². The maximum absolute atomic E-state index is 11.8. The van der Waals surface area contributed by atoms with Gasteiger partial charge in [0.05, 0.1) is 0 Å². The summed E-state index contributed by atoms with van der Waals surface area (Å²) in [7, 11) is 0. The minimum atomic E-state index is 0.127. The van der Waals surface area contributed by atoms with Gasteiger partial charge in [0.1, 0.15) is 0 Å². The molecule has 0 radical (unpaired) electrons. The summed E-state index contributed by atoms with van der Waals surface area (Å²) in [6.07, 6.45) is 7.90. The molecule has 3 nitrogen and oxygen atoms in total. The molecule has 0 aromatic heterocycles. The van der Waals surface area contributed by atoms with Crippen LogP contribution in [0.15, 0.2) is 0 Å². The quantitative estimate of drug-likeness (QED) is 0.765. The maximum Gasteiger partial charge on any atom is 0.220 e. The molecule has 1 heterocycles. The average molecular weight is 224 g/mol. The van der Waals surface area contributed by atoms with Gasteiger partial charge < -0.3 is 10.6 Å². The summed E-state index contributed by atoms with van der Waals surface area (Å²) >= 11 is 0. The molecule has 1 aliphatic carbocycles. The first-order valence-corrected chi connectivity index (χ1v) is 6.70. The first kappa shape index (κ1) is 11.9. The Bertz CT molecular complexity index is 242. The highest BCUT2D eigenvalue weighted by Gasteiger charge is 2.32. The summed E-state index contributed by atoms with van der Waals surface area (Å²) in [6.45, 7) is 4.42. The second-order valence-corrected chi connectivity index (χ2v) is 5.71. The third kappa shape index (κ3) is 3.21. The Morgan fingerprint density at radius 3 is 2.81 bits per heavy atom. The number of rotatable bonds is 4. The molecule has 2 fully saturated rings. The molecular formula is C13H24N2O. The normalized spacial score (nSPS) is 28.2. The fourth-order valence-electron chi connectivity index (χ4n) is 2.74. The Kier molecular flexibility index (Phi) is 3.85. The van der Waals surface area contributed by atoms with Crippen molar-refractivity contribution in [3.05, 3.63) is 0 Å². The van der Waals surface area contributed by atoms with Gasteiger partial charge in [0.25, 0.3) is 0 Å². The van der Waals surface area contributed by atoms with Crippen LogP contribution < -0.4 is 10.6 Å². The number of carbonyl (C=O) groups excluding carboxylic acids is 1. The summed E-state index contributed by atoms with van der Waals surface area (Å²) in [5.74, 6) is 0.974. The van der Waals surface area contributed by atoms with E-state index in [9.17, 15) is 4.79 Å². The maximum atomic E-state index is 11.8. The molecule has 3 heteroatoms. The predicted octanol–water partition coefficient (Wildman–Crippen LogP) is 1.82. The smallest absolute Gasteiger partial charge is 0.220 e. The zero-order chi connectivity index (χ0) is 11.4. The van der Waals surface area contributed by atoms with E-state index in [1.807, 2.05) is 0 Å². The molecule has 0 spiro atoms. The summed E-state index contributed by atoms with van der Waals surface area (Å²) in [4.78, 5) is 11.8. The minimum Gasteiger partial charge on any atom is -0.351 e. The van der Waals surface area contributed by atoms with Crippen LogP contribution in [0.1, 0.15) is 51.9 Å². The van der Waals surface area contributed by atoms with Gasteiger partial charge in [-0.15, -0.1) is 0 Å². The van der Waals surface area contributed by atoms with Gasteiger partial charge in [-0.1, -0.05) is 0 Å². The van der Waals surface area contributed by atoms with E-state index in [-0.39, 0.29) is 11.4 Å². The zero-order valence-corrected chi connectivity index (χ0v) is 10.3. The van der Waals surface area contributed by atoms with Crippen LogP contribution in [0.2, 0.25) is 0 Å².